The summed E-state index contributed by atoms with van der Waals surface area (Å²) in [6, 6.07) is 6.06. The maximum absolute atomic E-state index is 9.72. The summed E-state index contributed by atoms with van der Waals surface area (Å²) in [6.45, 7) is 5.33. The first-order chi connectivity index (χ1) is 13.0. The van der Waals surface area contributed by atoms with Crippen LogP contribution in [0.4, 0.5) is 0 Å². The molecule has 1 saturated carbocycles. The molecule has 1 aliphatic carbocycles. The molecule has 2 rings (SSSR count). The molecule has 0 spiro atoms. The molecule has 27 heavy (non-hydrogen) atoms. The van der Waals surface area contributed by atoms with E-state index in [1.54, 1.807) is 7.11 Å². The van der Waals surface area contributed by atoms with Gasteiger partial charge < -0.3 is 20.3 Å². The minimum atomic E-state index is -0.475. The summed E-state index contributed by atoms with van der Waals surface area (Å²) in [5.41, 5.74) is 7.07. The number of aryl methyl sites for hydroxylation is 1. The summed E-state index contributed by atoms with van der Waals surface area (Å²) >= 11 is 0. The zero-order valence-corrected chi connectivity index (χ0v) is 17.5. The Morgan fingerprint density at radius 1 is 1.22 bits per heavy atom. The second-order valence-electron chi connectivity index (χ2n) is 8.73. The Kier molecular flexibility index (Phi) is 8.91. The van der Waals surface area contributed by atoms with Crippen LogP contribution in [-0.4, -0.2) is 31.0 Å². The van der Waals surface area contributed by atoms with Crippen molar-refractivity contribution in [3.8, 4) is 11.5 Å². The molecule has 0 radical (unpaired) electrons. The van der Waals surface area contributed by atoms with E-state index in [9.17, 15) is 5.11 Å². The van der Waals surface area contributed by atoms with Gasteiger partial charge in [-0.3, -0.25) is 0 Å². The standard InChI is InChI=1S/C23H39NO3/c1-18(2)7-5-4-6-14-27-21-11-10-20(22(15-21)26-3)12-13-23(24,17-25)16-19-8-9-19/h10-11,15,18-19,25H,4-9,12-14,16-17,24H2,1-3H3. The number of aliphatic hydroxyl groups is 1. The molecule has 1 aliphatic rings. The van der Waals surface area contributed by atoms with Gasteiger partial charge in [-0.2, -0.15) is 0 Å². The second kappa shape index (κ2) is 10.9. The first-order valence-corrected chi connectivity index (χ1v) is 10.7. The molecule has 0 saturated heterocycles. The summed E-state index contributed by atoms with van der Waals surface area (Å²) in [7, 11) is 1.69. The molecule has 4 heteroatoms. The van der Waals surface area contributed by atoms with E-state index in [0.29, 0.717) is 5.92 Å². The fraction of sp³-hybridized carbons (Fsp3) is 0.739. The molecule has 1 fully saturated rings. The third-order valence-electron chi connectivity index (χ3n) is 5.55. The van der Waals surface area contributed by atoms with Crippen LogP contribution in [0.2, 0.25) is 0 Å². The van der Waals surface area contributed by atoms with Gasteiger partial charge >= 0.3 is 0 Å². The maximum atomic E-state index is 9.72. The first kappa shape index (κ1) is 22.0. The van der Waals surface area contributed by atoms with E-state index < -0.39 is 5.54 Å². The van der Waals surface area contributed by atoms with Crippen molar-refractivity contribution in [2.45, 2.75) is 77.2 Å². The Bertz CT molecular complexity index is 557. The zero-order valence-electron chi connectivity index (χ0n) is 17.5. The van der Waals surface area contributed by atoms with Crippen LogP contribution in [0.5, 0.6) is 11.5 Å². The van der Waals surface area contributed by atoms with E-state index in [0.717, 1.165) is 55.3 Å². The molecule has 1 aromatic rings. The predicted molar refractivity (Wildman–Crippen MR) is 111 cm³/mol. The van der Waals surface area contributed by atoms with E-state index in [-0.39, 0.29) is 6.61 Å². The van der Waals surface area contributed by atoms with Crippen molar-refractivity contribution in [1.29, 1.82) is 0 Å². The molecule has 0 heterocycles. The Balaban J connectivity index is 1.80. The van der Waals surface area contributed by atoms with Gasteiger partial charge in [0, 0.05) is 11.6 Å². The van der Waals surface area contributed by atoms with Crippen molar-refractivity contribution in [3.63, 3.8) is 0 Å². The van der Waals surface area contributed by atoms with E-state index in [1.165, 1.54) is 32.1 Å². The molecule has 0 aliphatic heterocycles. The Hall–Kier alpha value is -1.26. The number of benzene rings is 1. The molecular weight excluding hydrogens is 338 g/mol. The average molecular weight is 378 g/mol. The lowest BCUT2D eigenvalue weighted by atomic mass is 9.87. The zero-order chi connectivity index (χ0) is 19.7. The number of hydrogen-bond acceptors (Lipinski definition) is 4. The number of aliphatic hydroxyl groups excluding tert-OH is 1. The molecule has 0 amide bonds. The smallest absolute Gasteiger partial charge is 0.125 e. The van der Waals surface area contributed by atoms with Gasteiger partial charge in [0.1, 0.15) is 11.5 Å². The van der Waals surface area contributed by atoms with E-state index in [2.05, 4.69) is 19.9 Å². The highest BCUT2D eigenvalue weighted by atomic mass is 16.5. The Morgan fingerprint density at radius 2 is 2.00 bits per heavy atom. The van der Waals surface area contributed by atoms with E-state index in [4.69, 9.17) is 15.2 Å². The van der Waals surface area contributed by atoms with Crippen molar-refractivity contribution in [2.24, 2.45) is 17.6 Å². The molecule has 154 valence electrons. The molecule has 4 nitrogen and oxygen atoms in total. The third kappa shape index (κ3) is 8.10. The molecule has 0 bridgehead atoms. The number of rotatable bonds is 14. The van der Waals surface area contributed by atoms with Crippen LogP contribution in [-0.2, 0) is 6.42 Å². The monoisotopic (exact) mass is 377 g/mol. The predicted octanol–water partition coefficient (Wildman–Crippen LogP) is 4.71. The van der Waals surface area contributed by atoms with Gasteiger partial charge in [0.2, 0.25) is 0 Å². The van der Waals surface area contributed by atoms with Crippen molar-refractivity contribution < 1.29 is 14.6 Å². The van der Waals surface area contributed by atoms with Crippen LogP contribution < -0.4 is 15.2 Å². The summed E-state index contributed by atoms with van der Waals surface area (Å²) in [4.78, 5) is 0. The molecule has 1 aromatic carbocycles. The highest BCUT2D eigenvalue weighted by Crippen LogP contribution is 2.37. The lowest BCUT2D eigenvalue weighted by Crippen LogP contribution is -2.44. The largest absolute Gasteiger partial charge is 0.496 e. The van der Waals surface area contributed by atoms with Gasteiger partial charge in [0.25, 0.3) is 0 Å². The lowest BCUT2D eigenvalue weighted by Gasteiger charge is -2.27. The molecule has 1 unspecified atom stereocenters. The van der Waals surface area contributed by atoms with Crippen LogP contribution in [0.1, 0.15) is 70.8 Å². The van der Waals surface area contributed by atoms with Crippen LogP contribution in [0.3, 0.4) is 0 Å². The van der Waals surface area contributed by atoms with Crippen molar-refractivity contribution in [1.82, 2.24) is 0 Å². The first-order valence-electron chi connectivity index (χ1n) is 10.7. The minimum Gasteiger partial charge on any atom is -0.496 e. The number of unbranched alkanes of at least 4 members (excludes halogenated alkanes) is 2. The number of methoxy groups -OCH3 is 1. The Labute approximate surface area is 165 Å². The Morgan fingerprint density at radius 3 is 2.63 bits per heavy atom. The van der Waals surface area contributed by atoms with Gasteiger partial charge in [-0.1, -0.05) is 52.0 Å². The summed E-state index contributed by atoms with van der Waals surface area (Å²) in [5.74, 6) is 3.20. The van der Waals surface area contributed by atoms with Gasteiger partial charge in [-0.15, -0.1) is 0 Å². The van der Waals surface area contributed by atoms with E-state index in [1.807, 2.05) is 12.1 Å². The fourth-order valence-corrected chi connectivity index (χ4v) is 3.57. The number of ether oxygens (including phenoxy) is 2. The van der Waals surface area contributed by atoms with Crippen LogP contribution >= 0.6 is 0 Å². The summed E-state index contributed by atoms with van der Waals surface area (Å²) in [6.07, 6.45) is 9.88. The molecule has 3 N–H and O–H groups in total. The average Bonchev–Trinajstić information content (AvgIpc) is 3.46. The summed E-state index contributed by atoms with van der Waals surface area (Å²) in [5, 5.41) is 9.72. The van der Waals surface area contributed by atoms with Crippen molar-refractivity contribution in [3.05, 3.63) is 23.8 Å². The SMILES string of the molecule is COc1cc(OCCCCCC(C)C)ccc1CCC(N)(CO)CC1CC1. The molecule has 1 atom stereocenters. The second-order valence-corrected chi connectivity index (χ2v) is 8.73. The highest BCUT2D eigenvalue weighted by molar-refractivity contribution is 5.41. The third-order valence-corrected chi connectivity index (χ3v) is 5.55. The highest BCUT2D eigenvalue weighted by Gasteiger charge is 2.33. The van der Waals surface area contributed by atoms with Crippen LogP contribution in [0.25, 0.3) is 0 Å². The normalized spacial score (nSPS) is 16.4. The quantitative estimate of drug-likeness (QED) is 0.461. The maximum Gasteiger partial charge on any atom is 0.125 e. The van der Waals surface area contributed by atoms with Crippen LogP contribution in [0, 0.1) is 11.8 Å². The minimum absolute atomic E-state index is 0.0455. The number of hydrogen-bond donors (Lipinski definition) is 2. The summed E-state index contributed by atoms with van der Waals surface area (Å²) < 4.78 is 11.5. The van der Waals surface area contributed by atoms with Gasteiger partial charge in [0.15, 0.2) is 0 Å². The van der Waals surface area contributed by atoms with Crippen LogP contribution in [0.15, 0.2) is 18.2 Å². The van der Waals surface area contributed by atoms with Crippen molar-refractivity contribution >= 4 is 0 Å². The van der Waals surface area contributed by atoms with Crippen molar-refractivity contribution in [2.75, 3.05) is 20.3 Å². The topological polar surface area (TPSA) is 64.7 Å². The van der Waals surface area contributed by atoms with Gasteiger partial charge in [-0.05, 0) is 49.1 Å². The van der Waals surface area contributed by atoms with Gasteiger partial charge in [-0.25, -0.2) is 0 Å². The molecule has 0 aromatic heterocycles. The number of nitrogens with two attached hydrogens (primary N) is 1. The van der Waals surface area contributed by atoms with E-state index >= 15 is 0 Å². The fourth-order valence-electron chi connectivity index (χ4n) is 3.57. The van der Waals surface area contributed by atoms with Gasteiger partial charge in [0.05, 0.1) is 20.3 Å². The molecular formula is C23H39NO3. The lowest BCUT2D eigenvalue weighted by molar-refractivity contribution is 0.172.